The number of nitrogens with one attached hydrogen (secondary N) is 1. The van der Waals surface area contributed by atoms with Gasteiger partial charge in [0.25, 0.3) is 5.91 Å². The second kappa shape index (κ2) is 8.91. The molecule has 0 aliphatic heterocycles. The SMILES string of the molecule is CC(OC(=O)c1cccc2nccnc12)C(=O)Nc1sc2c(c1C#N)CCC(C(C)(C)C)C2. The lowest BCUT2D eigenvalue weighted by Crippen LogP contribution is -2.30. The van der Waals surface area contributed by atoms with E-state index in [0.717, 1.165) is 29.7 Å². The Kier molecular flexibility index (Phi) is 6.17. The van der Waals surface area contributed by atoms with Crippen LogP contribution in [-0.2, 0) is 22.4 Å². The summed E-state index contributed by atoms with van der Waals surface area (Å²) >= 11 is 1.46. The first kappa shape index (κ1) is 22.9. The van der Waals surface area contributed by atoms with Gasteiger partial charge < -0.3 is 10.1 Å². The number of nitrogens with zero attached hydrogens (tertiary/aromatic N) is 3. The highest BCUT2D eigenvalue weighted by atomic mass is 32.1. The molecule has 3 aromatic rings. The second-order valence-electron chi connectivity index (χ2n) is 9.39. The van der Waals surface area contributed by atoms with Crippen molar-refractivity contribution in [3.8, 4) is 6.07 Å². The van der Waals surface area contributed by atoms with E-state index >= 15 is 0 Å². The maximum atomic E-state index is 12.8. The number of rotatable bonds is 4. The Morgan fingerprint density at radius 1 is 1.27 bits per heavy atom. The molecule has 0 bridgehead atoms. The molecule has 170 valence electrons. The average Bonchev–Trinajstić information content (AvgIpc) is 3.14. The quantitative estimate of drug-likeness (QED) is 0.553. The predicted molar refractivity (Wildman–Crippen MR) is 127 cm³/mol. The highest BCUT2D eigenvalue weighted by Crippen LogP contribution is 2.44. The molecule has 8 heteroatoms. The van der Waals surface area contributed by atoms with E-state index in [4.69, 9.17) is 4.74 Å². The molecule has 0 radical (unpaired) electrons. The van der Waals surface area contributed by atoms with Crippen LogP contribution in [0.3, 0.4) is 0 Å². The molecule has 1 aliphatic carbocycles. The van der Waals surface area contributed by atoms with Gasteiger partial charge in [0.1, 0.15) is 16.6 Å². The highest BCUT2D eigenvalue weighted by Gasteiger charge is 2.33. The Morgan fingerprint density at radius 3 is 2.76 bits per heavy atom. The number of anilines is 1. The van der Waals surface area contributed by atoms with E-state index in [1.165, 1.54) is 24.5 Å². The van der Waals surface area contributed by atoms with Crippen molar-refractivity contribution in [2.24, 2.45) is 11.3 Å². The first-order chi connectivity index (χ1) is 15.7. The standard InChI is InChI=1S/C25H26N4O3S/c1-14(32-24(31)17-6-5-7-19-21(17)28-11-10-27-19)22(30)29-23-18(13-26)16-9-8-15(25(2,3)4)12-20(16)33-23/h5-7,10-11,14-15H,8-9,12H2,1-4H3,(H,29,30). The van der Waals surface area contributed by atoms with Gasteiger partial charge in [-0.05, 0) is 55.2 Å². The van der Waals surface area contributed by atoms with Gasteiger partial charge in [-0.3, -0.25) is 14.8 Å². The molecule has 2 aromatic heterocycles. The summed E-state index contributed by atoms with van der Waals surface area (Å²) in [6, 6.07) is 7.30. The fourth-order valence-corrected chi connectivity index (χ4v) is 5.46. The summed E-state index contributed by atoms with van der Waals surface area (Å²) in [5.41, 5.74) is 2.99. The Labute approximate surface area is 196 Å². The van der Waals surface area contributed by atoms with Crippen molar-refractivity contribution in [3.05, 3.63) is 52.2 Å². The summed E-state index contributed by atoms with van der Waals surface area (Å²) < 4.78 is 5.42. The molecule has 2 unspecified atom stereocenters. The van der Waals surface area contributed by atoms with Crippen molar-refractivity contribution in [1.29, 1.82) is 5.26 Å². The van der Waals surface area contributed by atoms with Crippen molar-refractivity contribution in [3.63, 3.8) is 0 Å². The fraction of sp³-hybridized carbons (Fsp3) is 0.400. The van der Waals surface area contributed by atoms with Crippen molar-refractivity contribution in [2.45, 2.75) is 53.1 Å². The predicted octanol–water partition coefficient (Wildman–Crippen LogP) is 4.90. The number of hydrogen-bond acceptors (Lipinski definition) is 7. The fourth-order valence-electron chi connectivity index (χ4n) is 4.18. The summed E-state index contributed by atoms with van der Waals surface area (Å²) in [5.74, 6) is -0.595. The molecule has 1 aliphatic rings. The zero-order valence-corrected chi connectivity index (χ0v) is 20.0. The largest absolute Gasteiger partial charge is 0.449 e. The number of aromatic nitrogens is 2. The molecule has 1 N–H and O–H groups in total. The number of ether oxygens (including phenoxy) is 1. The van der Waals surface area contributed by atoms with Crippen LogP contribution in [0.1, 0.15) is 60.5 Å². The van der Waals surface area contributed by atoms with Crippen LogP contribution in [0.2, 0.25) is 0 Å². The van der Waals surface area contributed by atoms with Crippen LogP contribution in [0.25, 0.3) is 11.0 Å². The molecule has 2 heterocycles. The summed E-state index contributed by atoms with van der Waals surface area (Å²) in [6.07, 6.45) is 4.76. The first-order valence-electron chi connectivity index (χ1n) is 10.9. The lowest BCUT2D eigenvalue weighted by Gasteiger charge is -2.33. The summed E-state index contributed by atoms with van der Waals surface area (Å²) in [6.45, 7) is 8.23. The van der Waals surface area contributed by atoms with E-state index in [2.05, 4.69) is 42.1 Å². The number of carbonyl (C=O) groups excluding carboxylic acids is 2. The minimum atomic E-state index is -1.04. The van der Waals surface area contributed by atoms with Crippen LogP contribution < -0.4 is 5.32 Å². The monoisotopic (exact) mass is 462 g/mol. The summed E-state index contributed by atoms with van der Waals surface area (Å²) in [4.78, 5) is 35.1. The van der Waals surface area contributed by atoms with Gasteiger partial charge in [0.15, 0.2) is 6.10 Å². The van der Waals surface area contributed by atoms with Crippen molar-refractivity contribution in [1.82, 2.24) is 9.97 Å². The number of benzene rings is 1. The number of fused-ring (bicyclic) bond motifs is 2. The van der Waals surface area contributed by atoms with Crippen LogP contribution in [-0.4, -0.2) is 27.9 Å². The normalized spacial score (nSPS) is 16.5. The summed E-state index contributed by atoms with van der Waals surface area (Å²) in [5, 5.41) is 13.1. The third-order valence-corrected chi connectivity index (χ3v) is 7.38. The molecule has 1 amide bonds. The smallest absolute Gasteiger partial charge is 0.341 e. The van der Waals surface area contributed by atoms with E-state index in [9.17, 15) is 14.9 Å². The topological polar surface area (TPSA) is 105 Å². The van der Waals surface area contributed by atoms with Crippen LogP contribution in [0.15, 0.2) is 30.6 Å². The third-order valence-electron chi connectivity index (χ3n) is 6.21. The van der Waals surface area contributed by atoms with Crippen molar-refractivity contribution >= 4 is 39.2 Å². The number of amides is 1. The Bertz CT molecular complexity index is 1260. The van der Waals surface area contributed by atoms with E-state index in [-0.39, 0.29) is 11.0 Å². The van der Waals surface area contributed by atoms with Crippen LogP contribution in [0, 0.1) is 22.7 Å². The van der Waals surface area contributed by atoms with Gasteiger partial charge in [-0.1, -0.05) is 26.8 Å². The molecule has 7 nitrogen and oxygen atoms in total. The lowest BCUT2D eigenvalue weighted by molar-refractivity contribution is -0.123. The number of hydrogen-bond donors (Lipinski definition) is 1. The zero-order chi connectivity index (χ0) is 23.8. The number of carbonyl (C=O) groups is 2. The number of para-hydroxylation sites is 1. The maximum absolute atomic E-state index is 12.8. The van der Waals surface area contributed by atoms with Gasteiger partial charge >= 0.3 is 5.97 Å². The molecule has 0 saturated heterocycles. The lowest BCUT2D eigenvalue weighted by atomic mass is 9.72. The van der Waals surface area contributed by atoms with Gasteiger partial charge in [-0.25, -0.2) is 4.79 Å². The Morgan fingerprint density at radius 2 is 2.03 bits per heavy atom. The average molecular weight is 463 g/mol. The van der Waals surface area contributed by atoms with Crippen LogP contribution in [0.4, 0.5) is 5.00 Å². The van der Waals surface area contributed by atoms with E-state index in [1.807, 2.05) is 0 Å². The van der Waals surface area contributed by atoms with Gasteiger partial charge in [-0.2, -0.15) is 5.26 Å². The number of thiophene rings is 1. The molecule has 0 fully saturated rings. The van der Waals surface area contributed by atoms with Crippen molar-refractivity contribution < 1.29 is 14.3 Å². The molecule has 0 saturated carbocycles. The van der Waals surface area contributed by atoms with Gasteiger partial charge in [0.2, 0.25) is 0 Å². The molecular formula is C25H26N4O3S. The molecule has 33 heavy (non-hydrogen) atoms. The molecule has 0 spiro atoms. The van der Waals surface area contributed by atoms with Gasteiger partial charge in [-0.15, -0.1) is 11.3 Å². The van der Waals surface area contributed by atoms with Crippen LogP contribution in [0.5, 0.6) is 0 Å². The minimum absolute atomic E-state index is 0.187. The molecule has 4 rings (SSSR count). The van der Waals surface area contributed by atoms with E-state index < -0.39 is 18.0 Å². The second-order valence-corrected chi connectivity index (χ2v) is 10.5. The minimum Gasteiger partial charge on any atom is -0.449 e. The molecule has 2 atom stereocenters. The third kappa shape index (κ3) is 4.60. The molecule has 1 aromatic carbocycles. The zero-order valence-electron chi connectivity index (χ0n) is 19.1. The van der Waals surface area contributed by atoms with Crippen LogP contribution >= 0.6 is 11.3 Å². The van der Waals surface area contributed by atoms with Crippen molar-refractivity contribution in [2.75, 3.05) is 5.32 Å². The van der Waals surface area contributed by atoms with Gasteiger partial charge in [0.05, 0.1) is 16.6 Å². The number of nitriles is 1. The maximum Gasteiger partial charge on any atom is 0.341 e. The first-order valence-corrected chi connectivity index (χ1v) is 11.8. The van der Waals surface area contributed by atoms with E-state index in [1.54, 1.807) is 24.4 Å². The Balaban J connectivity index is 1.49. The Hall–Kier alpha value is -3.31. The summed E-state index contributed by atoms with van der Waals surface area (Å²) in [7, 11) is 0. The van der Waals surface area contributed by atoms with Gasteiger partial charge in [0, 0.05) is 17.3 Å². The highest BCUT2D eigenvalue weighted by molar-refractivity contribution is 7.16. The number of esters is 1. The molecular weight excluding hydrogens is 436 g/mol. The van der Waals surface area contributed by atoms with E-state index in [0.29, 0.717) is 27.5 Å².